The van der Waals surface area contributed by atoms with Gasteiger partial charge in [0.25, 0.3) is 0 Å². The molecule has 1 heteroatoms. The van der Waals surface area contributed by atoms with Gasteiger partial charge in [-0.3, -0.25) is 0 Å². The molecule has 0 bridgehead atoms. The summed E-state index contributed by atoms with van der Waals surface area (Å²) in [5, 5.41) is 0. The van der Waals surface area contributed by atoms with E-state index in [1.54, 1.807) is 5.57 Å². The molecule has 1 aromatic carbocycles. The van der Waals surface area contributed by atoms with E-state index in [0.29, 0.717) is 0 Å². The highest BCUT2D eigenvalue weighted by Crippen LogP contribution is 2.31. The van der Waals surface area contributed by atoms with Gasteiger partial charge in [0.1, 0.15) is 0 Å². The van der Waals surface area contributed by atoms with Crippen molar-refractivity contribution in [2.24, 2.45) is 0 Å². The summed E-state index contributed by atoms with van der Waals surface area (Å²) in [6.45, 7) is 4.93. The zero-order chi connectivity index (χ0) is 10.0. The predicted octanol–water partition coefficient (Wildman–Crippen LogP) is 4.11. The van der Waals surface area contributed by atoms with Crippen LogP contribution in [0.15, 0.2) is 36.0 Å². The van der Waals surface area contributed by atoms with Gasteiger partial charge in [-0.05, 0) is 17.6 Å². The number of hydrogen-bond acceptors (Lipinski definition) is 0. The van der Waals surface area contributed by atoms with Gasteiger partial charge in [-0.15, -0.1) is 0 Å². The average Bonchev–Trinajstić information content (AvgIpc) is 2.18. The smallest absolute Gasteiger partial charge is 0.0721 e. The second-order valence-corrected chi connectivity index (χ2v) is 9.64. The van der Waals surface area contributed by atoms with E-state index in [1.165, 1.54) is 24.4 Å². The monoisotopic (exact) mass is 202 g/mol. The van der Waals surface area contributed by atoms with Crippen LogP contribution in [0.1, 0.15) is 18.4 Å². The van der Waals surface area contributed by atoms with Crippen molar-refractivity contribution in [1.29, 1.82) is 0 Å². The summed E-state index contributed by atoms with van der Waals surface area (Å²) in [4.78, 5) is 0. The van der Waals surface area contributed by atoms with Crippen LogP contribution < -0.4 is 0 Å². The maximum absolute atomic E-state index is 2.59. The second kappa shape index (κ2) is 3.74. The maximum atomic E-state index is 2.59. The summed E-state index contributed by atoms with van der Waals surface area (Å²) in [6.07, 6.45) is 2.67. The Kier molecular flexibility index (Phi) is 2.59. The third-order valence-electron chi connectivity index (χ3n) is 2.98. The molecule has 0 spiro atoms. The van der Waals surface area contributed by atoms with E-state index in [1.807, 2.05) is 0 Å². The minimum atomic E-state index is -0.998. The lowest BCUT2D eigenvalue weighted by Crippen LogP contribution is -2.25. The zero-order valence-electron chi connectivity index (χ0n) is 9.09. The fourth-order valence-corrected chi connectivity index (χ4v) is 4.72. The van der Waals surface area contributed by atoms with E-state index >= 15 is 0 Å². The van der Waals surface area contributed by atoms with E-state index in [0.717, 1.165) is 0 Å². The molecule has 0 atom stereocenters. The van der Waals surface area contributed by atoms with E-state index in [9.17, 15) is 0 Å². The normalized spacial score (nSPS) is 20.3. The molecular weight excluding hydrogens is 184 g/mol. The van der Waals surface area contributed by atoms with Crippen LogP contribution in [0.3, 0.4) is 0 Å². The fraction of sp³-hybridized carbons (Fsp3) is 0.385. The molecule has 2 rings (SSSR count). The molecule has 1 aliphatic heterocycles. The van der Waals surface area contributed by atoms with Gasteiger partial charge in [0.05, 0.1) is 8.07 Å². The average molecular weight is 202 g/mol. The van der Waals surface area contributed by atoms with Crippen molar-refractivity contribution in [3.05, 3.63) is 41.6 Å². The fourth-order valence-electron chi connectivity index (χ4n) is 2.23. The highest BCUT2D eigenvalue weighted by molar-refractivity contribution is 6.83. The van der Waals surface area contributed by atoms with E-state index < -0.39 is 8.07 Å². The van der Waals surface area contributed by atoms with E-state index in [-0.39, 0.29) is 0 Å². The minimum absolute atomic E-state index is 0.998. The van der Waals surface area contributed by atoms with Crippen molar-refractivity contribution in [3.8, 4) is 0 Å². The lowest BCUT2D eigenvalue weighted by molar-refractivity contribution is 0.936. The largest absolute Gasteiger partial charge is 0.0910 e. The topological polar surface area (TPSA) is 0 Å². The van der Waals surface area contributed by atoms with Gasteiger partial charge >= 0.3 is 0 Å². The molecule has 74 valence electrons. The summed E-state index contributed by atoms with van der Waals surface area (Å²) in [7, 11) is -0.998. The van der Waals surface area contributed by atoms with Crippen LogP contribution in [0.25, 0.3) is 5.57 Å². The van der Waals surface area contributed by atoms with Gasteiger partial charge in [-0.2, -0.15) is 0 Å². The van der Waals surface area contributed by atoms with Crippen LogP contribution in [0, 0.1) is 0 Å². The molecular formula is C13H18Si. The van der Waals surface area contributed by atoms with Crippen LogP contribution >= 0.6 is 0 Å². The number of benzene rings is 1. The molecule has 14 heavy (non-hydrogen) atoms. The van der Waals surface area contributed by atoms with Crippen molar-refractivity contribution >= 4 is 13.6 Å². The Morgan fingerprint density at radius 3 is 2.43 bits per heavy atom. The summed E-state index contributed by atoms with van der Waals surface area (Å²) in [6, 6.07) is 12.3. The molecule has 1 aliphatic rings. The molecule has 0 saturated heterocycles. The Balaban J connectivity index is 2.31. The first kappa shape index (κ1) is 9.72. The molecule has 1 heterocycles. The third kappa shape index (κ3) is 2.15. The first-order valence-corrected chi connectivity index (χ1v) is 8.73. The highest BCUT2D eigenvalue weighted by Gasteiger charge is 2.22. The molecule has 0 fully saturated rings. The molecule has 0 aromatic heterocycles. The van der Waals surface area contributed by atoms with Crippen molar-refractivity contribution in [2.45, 2.75) is 32.0 Å². The molecule has 0 saturated carbocycles. The lowest BCUT2D eigenvalue weighted by Gasteiger charge is -2.25. The number of rotatable bonds is 1. The van der Waals surface area contributed by atoms with Gasteiger partial charge in [-0.1, -0.05) is 61.6 Å². The number of allylic oxidation sites excluding steroid dienone is 1. The molecule has 0 N–H and O–H groups in total. The molecule has 0 aliphatic carbocycles. The lowest BCUT2D eigenvalue weighted by atomic mass is 10.0. The first-order valence-electron chi connectivity index (χ1n) is 5.45. The summed E-state index contributed by atoms with van der Waals surface area (Å²) >= 11 is 0. The summed E-state index contributed by atoms with van der Waals surface area (Å²) < 4.78 is 0. The first-order chi connectivity index (χ1) is 6.67. The molecule has 0 radical (unpaired) electrons. The molecule has 0 amide bonds. The van der Waals surface area contributed by atoms with Gasteiger partial charge in [0, 0.05) is 0 Å². The van der Waals surface area contributed by atoms with Crippen molar-refractivity contribution in [3.63, 3.8) is 0 Å². The quantitative estimate of drug-likeness (QED) is 0.601. The van der Waals surface area contributed by atoms with E-state index in [2.05, 4.69) is 49.1 Å². The van der Waals surface area contributed by atoms with Crippen LogP contribution in [0.2, 0.25) is 19.1 Å². The van der Waals surface area contributed by atoms with E-state index in [4.69, 9.17) is 0 Å². The van der Waals surface area contributed by atoms with Gasteiger partial charge in [0.15, 0.2) is 0 Å². The standard InChI is InChI=1S/C13H18Si/c1-14(2)10-6-9-13(11-14)12-7-4-3-5-8-12/h3-5,7-8,11H,6,9-10H2,1-2H3. The summed E-state index contributed by atoms with van der Waals surface area (Å²) in [5.74, 6) is 0. The van der Waals surface area contributed by atoms with Crippen LogP contribution in [-0.2, 0) is 0 Å². The Hall–Kier alpha value is -0.823. The Morgan fingerprint density at radius 1 is 1.07 bits per heavy atom. The third-order valence-corrected chi connectivity index (χ3v) is 5.75. The van der Waals surface area contributed by atoms with Gasteiger partial charge < -0.3 is 0 Å². The molecule has 0 unspecified atom stereocenters. The Morgan fingerprint density at radius 2 is 1.79 bits per heavy atom. The van der Waals surface area contributed by atoms with Crippen LogP contribution in [-0.4, -0.2) is 8.07 Å². The van der Waals surface area contributed by atoms with Crippen LogP contribution in [0.4, 0.5) is 0 Å². The summed E-state index contributed by atoms with van der Waals surface area (Å²) in [5.41, 5.74) is 5.62. The van der Waals surface area contributed by atoms with Gasteiger partial charge in [-0.25, -0.2) is 0 Å². The van der Waals surface area contributed by atoms with Gasteiger partial charge in [0.2, 0.25) is 0 Å². The Labute approximate surface area is 87.7 Å². The van der Waals surface area contributed by atoms with Crippen molar-refractivity contribution < 1.29 is 0 Å². The maximum Gasteiger partial charge on any atom is 0.0721 e. The highest BCUT2D eigenvalue weighted by atomic mass is 28.3. The molecule has 0 nitrogen and oxygen atoms in total. The number of hydrogen-bond donors (Lipinski definition) is 0. The van der Waals surface area contributed by atoms with Crippen molar-refractivity contribution in [2.75, 3.05) is 0 Å². The SMILES string of the molecule is C[Si]1(C)C=C(c2ccccc2)CCC1. The second-order valence-electron chi connectivity index (χ2n) is 4.88. The minimum Gasteiger partial charge on any atom is -0.0910 e. The molecule has 1 aromatic rings. The Bertz CT molecular complexity index is 336. The van der Waals surface area contributed by atoms with Crippen LogP contribution in [0.5, 0.6) is 0 Å². The zero-order valence-corrected chi connectivity index (χ0v) is 10.1. The van der Waals surface area contributed by atoms with Crippen molar-refractivity contribution in [1.82, 2.24) is 0 Å². The predicted molar refractivity (Wildman–Crippen MR) is 65.9 cm³/mol.